The highest BCUT2D eigenvalue weighted by atomic mass is 16.1. The first-order valence-corrected chi connectivity index (χ1v) is 15.7. The number of para-hydroxylation sites is 1. The Balaban J connectivity index is 1.02. The molecule has 1 fully saturated rings. The average Bonchev–Trinajstić information content (AvgIpc) is 3.48. The molecule has 6 rings (SSSR count). The molecule has 2 aromatic heterocycles. The number of carbonyl (C=O) groups is 1. The molecule has 5 aromatic rings. The van der Waals surface area contributed by atoms with Gasteiger partial charge in [-0.25, -0.2) is 0 Å². The third kappa shape index (κ3) is 6.53. The normalized spacial score (nSPS) is 14.0. The van der Waals surface area contributed by atoms with Gasteiger partial charge in [-0.1, -0.05) is 54.6 Å². The van der Waals surface area contributed by atoms with Crippen molar-refractivity contribution in [3.05, 3.63) is 106 Å². The molecule has 44 heavy (non-hydrogen) atoms. The summed E-state index contributed by atoms with van der Waals surface area (Å²) in [5, 5.41) is 12.6. The quantitative estimate of drug-likeness (QED) is 0.232. The molecule has 0 bridgehead atoms. The van der Waals surface area contributed by atoms with Crippen molar-refractivity contribution in [3.63, 3.8) is 0 Å². The van der Waals surface area contributed by atoms with Gasteiger partial charge in [0.1, 0.15) is 5.82 Å². The fraction of sp³-hybridized carbons (Fsp3) is 0.371. The lowest BCUT2D eigenvalue weighted by atomic mass is 10.1. The Bertz CT molecular complexity index is 1800. The molecule has 1 N–H and O–H groups in total. The third-order valence-electron chi connectivity index (χ3n) is 8.67. The standard InChI is InChI=1S/C35H41N7O2/c1-26-13-14-27(2)31(25-26)40-23-21-39(22-24-40)19-8-18-36-33(43)16-15-32-37-38-35-41(20-17-28-9-4-3-5-10-28)34(44)29-11-6-7-12-30(29)42(32)35/h3-7,9-14,25H,8,15-24H2,1-2H3,(H,36,43). The van der Waals surface area contributed by atoms with E-state index in [0.29, 0.717) is 49.3 Å². The lowest BCUT2D eigenvalue weighted by molar-refractivity contribution is -0.121. The number of hydrogen-bond acceptors (Lipinski definition) is 6. The molecule has 3 heterocycles. The molecule has 0 radical (unpaired) electrons. The van der Waals surface area contributed by atoms with E-state index in [4.69, 9.17) is 0 Å². The number of amides is 1. The summed E-state index contributed by atoms with van der Waals surface area (Å²) >= 11 is 0. The van der Waals surface area contributed by atoms with Crippen molar-refractivity contribution < 1.29 is 4.79 Å². The van der Waals surface area contributed by atoms with Crippen LogP contribution in [0.2, 0.25) is 0 Å². The largest absolute Gasteiger partial charge is 0.369 e. The number of rotatable bonds is 11. The van der Waals surface area contributed by atoms with Crippen LogP contribution in [0.25, 0.3) is 16.7 Å². The number of aryl methyl sites for hydroxylation is 5. The monoisotopic (exact) mass is 591 g/mol. The number of nitrogens with one attached hydrogen (secondary N) is 1. The highest BCUT2D eigenvalue weighted by Gasteiger charge is 2.19. The molecule has 228 valence electrons. The van der Waals surface area contributed by atoms with Gasteiger partial charge in [-0.3, -0.25) is 23.5 Å². The van der Waals surface area contributed by atoms with E-state index in [-0.39, 0.29) is 11.5 Å². The van der Waals surface area contributed by atoms with Crippen LogP contribution in [0.15, 0.2) is 77.6 Å². The summed E-state index contributed by atoms with van der Waals surface area (Å²) < 4.78 is 3.64. The van der Waals surface area contributed by atoms with Gasteiger partial charge in [0.15, 0.2) is 0 Å². The van der Waals surface area contributed by atoms with E-state index in [2.05, 4.69) is 69.5 Å². The summed E-state index contributed by atoms with van der Waals surface area (Å²) in [6.45, 7) is 10.6. The zero-order valence-corrected chi connectivity index (χ0v) is 25.7. The molecular formula is C35H41N7O2. The maximum Gasteiger partial charge on any atom is 0.262 e. The third-order valence-corrected chi connectivity index (χ3v) is 8.67. The molecule has 1 aliphatic rings. The Morgan fingerprint density at radius 1 is 0.864 bits per heavy atom. The Morgan fingerprint density at radius 2 is 1.64 bits per heavy atom. The molecule has 0 unspecified atom stereocenters. The van der Waals surface area contributed by atoms with Crippen LogP contribution in [0.5, 0.6) is 0 Å². The molecule has 1 aliphatic heterocycles. The number of fused-ring (bicyclic) bond motifs is 3. The van der Waals surface area contributed by atoms with Gasteiger partial charge < -0.3 is 10.2 Å². The smallest absolute Gasteiger partial charge is 0.262 e. The fourth-order valence-corrected chi connectivity index (χ4v) is 6.18. The lowest BCUT2D eigenvalue weighted by Crippen LogP contribution is -2.47. The van der Waals surface area contributed by atoms with Crippen LogP contribution in [0.4, 0.5) is 5.69 Å². The van der Waals surface area contributed by atoms with Gasteiger partial charge in [0.25, 0.3) is 5.56 Å². The summed E-state index contributed by atoms with van der Waals surface area (Å²) in [5.74, 6) is 1.20. The van der Waals surface area contributed by atoms with E-state index in [1.54, 1.807) is 4.57 Å². The lowest BCUT2D eigenvalue weighted by Gasteiger charge is -2.37. The van der Waals surface area contributed by atoms with E-state index in [0.717, 1.165) is 50.2 Å². The molecule has 3 aromatic carbocycles. The highest BCUT2D eigenvalue weighted by Crippen LogP contribution is 2.23. The van der Waals surface area contributed by atoms with Gasteiger partial charge >= 0.3 is 0 Å². The Hall–Kier alpha value is -4.50. The first-order chi connectivity index (χ1) is 21.5. The zero-order valence-electron chi connectivity index (χ0n) is 25.7. The van der Waals surface area contributed by atoms with Gasteiger partial charge in [-0.2, -0.15) is 0 Å². The number of carbonyl (C=O) groups excluding carboxylic acids is 1. The molecule has 0 saturated carbocycles. The second-order valence-corrected chi connectivity index (χ2v) is 11.8. The Labute approximate surface area is 258 Å². The summed E-state index contributed by atoms with van der Waals surface area (Å²) in [7, 11) is 0. The molecule has 9 nitrogen and oxygen atoms in total. The Kier molecular flexibility index (Phi) is 9.02. The van der Waals surface area contributed by atoms with Crippen molar-refractivity contribution in [2.24, 2.45) is 0 Å². The molecule has 0 spiro atoms. The number of aromatic nitrogens is 4. The molecule has 1 saturated heterocycles. The van der Waals surface area contributed by atoms with Crippen LogP contribution in [-0.2, 0) is 24.2 Å². The van der Waals surface area contributed by atoms with E-state index >= 15 is 0 Å². The van der Waals surface area contributed by atoms with E-state index in [1.807, 2.05) is 46.9 Å². The van der Waals surface area contributed by atoms with Crippen molar-refractivity contribution in [3.8, 4) is 0 Å². The van der Waals surface area contributed by atoms with Crippen LogP contribution >= 0.6 is 0 Å². The SMILES string of the molecule is Cc1ccc(C)c(N2CCN(CCCNC(=O)CCc3nnc4n(CCc5ccccc5)c(=O)c5ccccc5n34)CC2)c1. The van der Waals surface area contributed by atoms with Crippen LogP contribution in [-0.4, -0.2) is 69.2 Å². The van der Waals surface area contributed by atoms with Gasteiger partial charge in [0.2, 0.25) is 11.7 Å². The maximum absolute atomic E-state index is 13.4. The van der Waals surface area contributed by atoms with E-state index in [1.165, 1.54) is 16.8 Å². The van der Waals surface area contributed by atoms with Crippen molar-refractivity contribution in [1.82, 2.24) is 29.4 Å². The number of hydrogen-bond donors (Lipinski definition) is 1. The molecule has 0 atom stereocenters. The maximum atomic E-state index is 13.4. The molecule has 0 aliphatic carbocycles. The summed E-state index contributed by atoms with van der Waals surface area (Å²) in [6, 6.07) is 24.3. The van der Waals surface area contributed by atoms with Crippen molar-refractivity contribution in [1.29, 1.82) is 0 Å². The van der Waals surface area contributed by atoms with E-state index < -0.39 is 0 Å². The fourth-order valence-electron chi connectivity index (χ4n) is 6.18. The number of nitrogens with zero attached hydrogens (tertiary/aromatic N) is 6. The molecule has 1 amide bonds. The summed E-state index contributed by atoms with van der Waals surface area (Å²) in [5.41, 5.74) is 5.82. The second-order valence-electron chi connectivity index (χ2n) is 11.8. The predicted octanol–water partition coefficient (Wildman–Crippen LogP) is 4.16. The van der Waals surface area contributed by atoms with E-state index in [9.17, 15) is 9.59 Å². The van der Waals surface area contributed by atoms with Crippen LogP contribution in [0.1, 0.15) is 35.4 Å². The van der Waals surface area contributed by atoms with Crippen molar-refractivity contribution in [2.45, 2.75) is 46.1 Å². The molecular weight excluding hydrogens is 550 g/mol. The zero-order chi connectivity index (χ0) is 30.5. The van der Waals surface area contributed by atoms with Crippen LogP contribution in [0, 0.1) is 13.8 Å². The van der Waals surface area contributed by atoms with Gasteiger partial charge in [-0.05, 0) is 68.1 Å². The minimum Gasteiger partial charge on any atom is -0.369 e. The van der Waals surface area contributed by atoms with Crippen LogP contribution in [0.3, 0.4) is 0 Å². The second kappa shape index (κ2) is 13.4. The number of anilines is 1. The Morgan fingerprint density at radius 3 is 2.45 bits per heavy atom. The van der Waals surface area contributed by atoms with Gasteiger partial charge in [-0.15, -0.1) is 10.2 Å². The first kappa shape index (κ1) is 29.6. The van der Waals surface area contributed by atoms with Crippen molar-refractivity contribution in [2.75, 3.05) is 44.2 Å². The minimum absolute atomic E-state index is 0.00296. The van der Waals surface area contributed by atoms with Crippen molar-refractivity contribution >= 4 is 28.3 Å². The summed E-state index contributed by atoms with van der Waals surface area (Å²) in [6.07, 6.45) is 2.38. The highest BCUT2D eigenvalue weighted by molar-refractivity contribution is 5.80. The van der Waals surface area contributed by atoms with Gasteiger partial charge in [0.05, 0.1) is 10.9 Å². The molecule has 9 heteroatoms. The predicted molar refractivity (Wildman–Crippen MR) is 175 cm³/mol. The average molecular weight is 592 g/mol. The first-order valence-electron chi connectivity index (χ1n) is 15.7. The summed E-state index contributed by atoms with van der Waals surface area (Å²) in [4.78, 5) is 31.2. The number of piperazine rings is 1. The topological polar surface area (TPSA) is 87.8 Å². The van der Waals surface area contributed by atoms with Crippen LogP contribution < -0.4 is 15.8 Å². The minimum atomic E-state index is -0.0765. The number of benzene rings is 3. The van der Waals surface area contributed by atoms with Gasteiger partial charge in [0, 0.05) is 57.8 Å².